The van der Waals surface area contributed by atoms with Crippen molar-refractivity contribution in [3.63, 3.8) is 0 Å². The molecule has 21 heavy (non-hydrogen) atoms. The van der Waals surface area contributed by atoms with Crippen LogP contribution in [-0.2, 0) is 15.7 Å². The van der Waals surface area contributed by atoms with Gasteiger partial charge in [0, 0.05) is 20.2 Å². The van der Waals surface area contributed by atoms with E-state index in [1.807, 2.05) is 0 Å². The summed E-state index contributed by atoms with van der Waals surface area (Å²) in [6.07, 6.45) is -5.07. The maximum absolute atomic E-state index is 12.9. The minimum absolute atomic E-state index is 0.0417. The molecular weight excluding hydrogens is 291 g/mol. The Bertz CT molecular complexity index is 512. The lowest BCUT2D eigenvalue weighted by Gasteiger charge is -2.22. The fraction of sp³-hybridized carbons (Fsp3) is 0.615. The van der Waals surface area contributed by atoms with Crippen molar-refractivity contribution in [1.82, 2.24) is 4.90 Å². The second kappa shape index (κ2) is 6.07. The predicted molar refractivity (Wildman–Crippen MR) is 66.0 cm³/mol. The van der Waals surface area contributed by atoms with Gasteiger partial charge < -0.3 is 18.8 Å². The third-order valence-corrected chi connectivity index (χ3v) is 3.20. The fourth-order valence-corrected chi connectivity index (χ4v) is 2.16. The highest BCUT2D eigenvalue weighted by molar-refractivity contribution is 5.95. The van der Waals surface area contributed by atoms with Crippen LogP contribution in [0.25, 0.3) is 0 Å². The van der Waals surface area contributed by atoms with Crippen molar-refractivity contribution in [3.8, 4) is 0 Å². The van der Waals surface area contributed by atoms with Gasteiger partial charge in [-0.25, -0.2) is 0 Å². The highest BCUT2D eigenvalue weighted by Crippen LogP contribution is 2.34. The van der Waals surface area contributed by atoms with Crippen LogP contribution in [-0.4, -0.2) is 50.3 Å². The van der Waals surface area contributed by atoms with Crippen LogP contribution in [0.1, 0.15) is 21.9 Å². The first-order valence-electron chi connectivity index (χ1n) is 6.40. The van der Waals surface area contributed by atoms with Crippen molar-refractivity contribution >= 4 is 5.91 Å². The van der Waals surface area contributed by atoms with Crippen LogP contribution in [0.3, 0.4) is 0 Å². The van der Waals surface area contributed by atoms with E-state index in [1.165, 1.54) is 18.9 Å². The van der Waals surface area contributed by atoms with Crippen LogP contribution in [0.5, 0.6) is 0 Å². The molecule has 1 unspecified atom stereocenters. The van der Waals surface area contributed by atoms with Gasteiger partial charge in [-0.3, -0.25) is 4.79 Å². The average molecular weight is 307 g/mol. The van der Waals surface area contributed by atoms with E-state index in [9.17, 15) is 18.0 Å². The Hall–Kier alpha value is -1.54. The van der Waals surface area contributed by atoms with E-state index in [0.29, 0.717) is 6.61 Å². The van der Waals surface area contributed by atoms with Gasteiger partial charge in [-0.05, 0) is 13.0 Å². The molecule has 0 N–H and O–H groups in total. The number of aryl methyl sites for hydroxylation is 1. The molecule has 0 bridgehead atoms. The SMILES string of the molecule is COC1COCCN(C(=O)c2cc(C)oc2C(F)(F)F)C1. The lowest BCUT2D eigenvalue weighted by Crippen LogP contribution is -2.39. The molecule has 1 saturated heterocycles. The molecule has 1 atom stereocenters. The number of furan rings is 1. The number of alkyl halides is 3. The van der Waals surface area contributed by atoms with E-state index in [0.717, 1.165) is 6.07 Å². The summed E-state index contributed by atoms with van der Waals surface area (Å²) in [7, 11) is 1.46. The summed E-state index contributed by atoms with van der Waals surface area (Å²) in [5, 5.41) is 0. The standard InChI is InChI=1S/C13H16F3NO4/c1-8-5-10(11(21-8)13(14,15)16)12(18)17-3-4-20-7-9(6-17)19-2/h5,9H,3-4,6-7H2,1-2H3. The van der Waals surface area contributed by atoms with Crippen LogP contribution in [0.4, 0.5) is 13.2 Å². The smallest absolute Gasteiger partial charge is 0.450 e. The number of nitrogens with zero attached hydrogens (tertiary/aromatic N) is 1. The number of hydrogen-bond acceptors (Lipinski definition) is 4. The second-order valence-corrected chi connectivity index (χ2v) is 4.78. The van der Waals surface area contributed by atoms with Crippen LogP contribution in [0.15, 0.2) is 10.5 Å². The van der Waals surface area contributed by atoms with E-state index in [2.05, 4.69) is 4.42 Å². The van der Waals surface area contributed by atoms with E-state index in [4.69, 9.17) is 9.47 Å². The number of amides is 1. The van der Waals surface area contributed by atoms with E-state index in [-0.39, 0.29) is 31.6 Å². The lowest BCUT2D eigenvalue weighted by atomic mass is 10.2. The van der Waals surface area contributed by atoms with Gasteiger partial charge in [-0.1, -0.05) is 0 Å². The zero-order chi connectivity index (χ0) is 15.6. The van der Waals surface area contributed by atoms with Gasteiger partial charge in [0.1, 0.15) is 5.76 Å². The topological polar surface area (TPSA) is 51.9 Å². The number of halogens is 3. The largest absolute Gasteiger partial charge is 0.456 e. The van der Waals surface area contributed by atoms with E-state index < -0.39 is 23.4 Å². The van der Waals surface area contributed by atoms with Crippen molar-refractivity contribution in [2.75, 3.05) is 33.4 Å². The first-order valence-corrected chi connectivity index (χ1v) is 6.40. The molecular formula is C13H16F3NO4. The zero-order valence-corrected chi connectivity index (χ0v) is 11.7. The van der Waals surface area contributed by atoms with Gasteiger partial charge in [-0.15, -0.1) is 0 Å². The number of methoxy groups -OCH3 is 1. The van der Waals surface area contributed by atoms with Gasteiger partial charge in [0.25, 0.3) is 5.91 Å². The molecule has 0 aromatic carbocycles. The molecule has 5 nitrogen and oxygen atoms in total. The molecule has 0 spiro atoms. The normalized spacial score (nSPS) is 20.4. The van der Waals surface area contributed by atoms with Crippen LogP contribution < -0.4 is 0 Å². The Kier molecular flexibility index (Phi) is 4.58. The van der Waals surface area contributed by atoms with Crippen molar-refractivity contribution in [2.45, 2.75) is 19.2 Å². The Labute approximate surface area is 119 Å². The molecule has 0 radical (unpaired) electrons. The maximum atomic E-state index is 12.9. The van der Waals surface area contributed by atoms with Crippen LogP contribution in [0, 0.1) is 6.92 Å². The highest BCUT2D eigenvalue weighted by atomic mass is 19.4. The van der Waals surface area contributed by atoms with Crippen molar-refractivity contribution in [2.24, 2.45) is 0 Å². The number of ether oxygens (including phenoxy) is 2. The van der Waals surface area contributed by atoms with Crippen molar-refractivity contribution in [1.29, 1.82) is 0 Å². The monoisotopic (exact) mass is 307 g/mol. The molecule has 1 aromatic heterocycles. The third kappa shape index (κ3) is 3.56. The Morgan fingerprint density at radius 1 is 1.48 bits per heavy atom. The minimum atomic E-state index is -4.71. The summed E-state index contributed by atoms with van der Waals surface area (Å²) >= 11 is 0. The first kappa shape index (κ1) is 15.8. The van der Waals surface area contributed by atoms with Crippen molar-refractivity contribution < 1.29 is 31.9 Å². The molecule has 2 heterocycles. The summed E-state index contributed by atoms with van der Waals surface area (Å²) < 4.78 is 53.7. The van der Waals surface area contributed by atoms with Crippen molar-refractivity contribution in [3.05, 3.63) is 23.2 Å². The number of hydrogen-bond donors (Lipinski definition) is 0. The quantitative estimate of drug-likeness (QED) is 0.839. The first-order chi connectivity index (χ1) is 9.82. The Morgan fingerprint density at radius 3 is 2.81 bits per heavy atom. The zero-order valence-electron chi connectivity index (χ0n) is 11.7. The van der Waals surface area contributed by atoms with Gasteiger partial charge >= 0.3 is 6.18 Å². The third-order valence-electron chi connectivity index (χ3n) is 3.20. The van der Waals surface area contributed by atoms with Gasteiger partial charge in [0.15, 0.2) is 0 Å². The molecule has 1 aliphatic heterocycles. The van der Waals surface area contributed by atoms with E-state index >= 15 is 0 Å². The highest BCUT2D eigenvalue weighted by Gasteiger charge is 2.41. The summed E-state index contributed by atoms with van der Waals surface area (Å²) in [5.74, 6) is -1.95. The van der Waals surface area contributed by atoms with Crippen LogP contribution >= 0.6 is 0 Å². The molecule has 1 fully saturated rings. The second-order valence-electron chi connectivity index (χ2n) is 4.78. The maximum Gasteiger partial charge on any atom is 0.450 e. The Morgan fingerprint density at radius 2 is 2.19 bits per heavy atom. The van der Waals surface area contributed by atoms with Gasteiger partial charge in [-0.2, -0.15) is 13.2 Å². The summed E-state index contributed by atoms with van der Waals surface area (Å²) in [5.41, 5.74) is -0.475. The molecule has 1 aliphatic rings. The summed E-state index contributed by atoms with van der Waals surface area (Å²) in [6.45, 7) is 2.31. The molecule has 0 aliphatic carbocycles. The predicted octanol–water partition coefficient (Wildman–Crippen LogP) is 2.09. The number of rotatable bonds is 2. The minimum Gasteiger partial charge on any atom is -0.456 e. The lowest BCUT2D eigenvalue weighted by molar-refractivity contribution is -0.153. The van der Waals surface area contributed by atoms with Gasteiger partial charge in [0.2, 0.25) is 5.76 Å². The number of carbonyl (C=O) groups is 1. The molecule has 2 rings (SSSR count). The van der Waals surface area contributed by atoms with E-state index in [1.54, 1.807) is 0 Å². The fourth-order valence-electron chi connectivity index (χ4n) is 2.16. The molecule has 118 valence electrons. The molecule has 8 heteroatoms. The molecule has 0 saturated carbocycles. The number of carbonyl (C=O) groups excluding carboxylic acids is 1. The summed E-state index contributed by atoms with van der Waals surface area (Å²) in [6, 6.07) is 1.11. The summed E-state index contributed by atoms with van der Waals surface area (Å²) in [4.78, 5) is 13.6. The molecule has 1 amide bonds. The molecule has 1 aromatic rings. The van der Waals surface area contributed by atoms with Crippen LogP contribution in [0.2, 0.25) is 0 Å². The Balaban J connectivity index is 2.27. The van der Waals surface area contributed by atoms with Gasteiger partial charge in [0.05, 0.1) is 24.9 Å². The average Bonchev–Trinajstić information content (AvgIpc) is 2.67.